The molecule has 0 unspecified atom stereocenters. The van der Waals surface area contributed by atoms with E-state index in [-0.39, 0.29) is 17.7 Å². The first-order chi connectivity index (χ1) is 9.97. The van der Waals surface area contributed by atoms with Crippen LogP contribution < -0.4 is 11.1 Å². The summed E-state index contributed by atoms with van der Waals surface area (Å²) in [6, 6.07) is 0.324. The molecule has 3 N–H and O–H groups in total. The molecular weight excluding hydrogens is 266 g/mol. The average Bonchev–Trinajstić information content (AvgIpc) is 2.44. The summed E-state index contributed by atoms with van der Waals surface area (Å²) in [4.78, 5) is 25.5. The third-order valence-electron chi connectivity index (χ3n) is 5.41. The van der Waals surface area contributed by atoms with Gasteiger partial charge in [0.15, 0.2) is 0 Å². The van der Waals surface area contributed by atoms with Gasteiger partial charge in [0.05, 0.1) is 6.54 Å². The highest BCUT2D eigenvalue weighted by Gasteiger charge is 2.29. The van der Waals surface area contributed by atoms with E-state index in [0.29, 0.717) is 24.4 Å². The number of nitrogens with one attached hydrogen (secondary N) is 1. The largest absolute Gasteiger partial charge is 0.369 e. The predicted octanol–water partition coefficient (Wildman–Crippen LogP) is 1.12. The molecule has 1 saturated carbocycles. The van der Waals surface area contributed by atoms with Crippen LogP contribution in [-0.2, 0) is 9.59 Å². The Balaban J connectivity index is 1.74. The van der Waals surface area contributed by atoms with Crippen LogP contribution in [0, 0.1) is 17.8 Å². The average molecular weight is 295 g/mol. The number of nitrogens with zero attached hydrogens (tertiary/aromatic N) is 1. The zero-order chi connectivity index (χ0) is 15.4. The monoisotopic (exact) mass is 295 g/mol. The van der Waals surface area contributed by atoms with Crippen molar-refractivity contribution in [2.24, 2.45) is 23.5 Å². The van der Waals surface area contributed by atoms with Crippen LogP contribution in [0.5, 0.6) is 0 Å². The standard InChI is InChI=1S/C16H29N3O2/c1-11-4-3-5-14(12(11)2)18-15(20)10-19-8-6-13(7-9-19)16(17)21/h11-14H,3-10H2,1-2H3,(H2,17,21)(H,18,20)/t11-,12-,14+/m1/s1. The van der Waals surface area contributed by atoms with E-state index in [1.165, 1.54) is 12.8 Å². The third kappa shape index (κ3) is 4.43. The molecule has 2 rings (SSSR count). The molecule has 0 bridgehead atoms. The first-order valence-corrected chi connectivity index (χ1v) is 8.28. The lowest BCUT2D eigenvalue weighted by Crippen LogP contribution is -2.49. The highest BCUT2D eigenvalue weighted by molar-refractivity contribution is 5.79. The minimum Gasteiger partial charge on any atom is -0.369 e. The van der Waals surface area contributed by atoms with Gasteiger partial charge >= 0.3 is 0 Å². The summed E-state index contributed by atoms with van der Waals surface area (Å²) in [5.41, 5.74) is 5.33. The Morgan fingerprint density at radius 1 is 1.14 bits per heavy atom. The van der Waals surface area contributed by atoms with Crippen molar-refractivity contribution in [2.45, 2.75) is 52.0 Å². The van der Waals surface area contributed by atoms with E-state index in [2.05, 4.69) is 24.1 Å². The molecule has 5 heteroatoms. The van der Waals surface area contributed by atoms with E-state index in [9.17, 15) is 9.59 Å². The van der Waals surface area contributed by atoms with Gasteiger partial charge in [-0.05, 0) is 44.2 Å². The molecule has 1 heterocycles. The third-order valence-corrected chi connectivity index (χ3v) is 5.41. The van der Waals surface area contributed by atoms with Crippen LogP contribution in [0.1, 0.15) is 46.0 Å². The second-order valence-electron chi connectivity index (χ2n) is 6.89. The molecule has 120 valence electrons. The molecule has 2 aliphatic rings. The van der Waals surface area contributed by atoms with Gasteiger partial charge < -0.3 is 11.1 Å². The highest BCUT2D eigenvalue weighted by Crippen LogP contribution is 2.29. The molecule has 2 amide bonds. The van der Waals surface area contributed by atoms with E-state index in [0.717, 1.165) is 32.4 Å². The van der Waals surface area contributed by atoms with Crippen molar-refractivity contribution in [3.05, 3.63) is 0 Å². The number of nitrogens with two attached hydrogens (primary N) is 1. The maximum atomic E-state index is 12.2. The number of likely N-dealkylation sites (tertiary alicyclic amines) is 1. The lowest BCUT2D eigenvalue weighted by atomic mass is 9.78. The fraction of sp³-hybridized carbons (Fsp3) is 0.875. The number of hydrogen-bond acceptors (Lipinski definition) is 3. The van der Waals surface area contributed by atoms with Crippen LogP contribution in [0.3, 0.4) is 0 Å². The molecule has 2 fully saturated rings. The van der Waals surface area contributed by atoms with Gasteiger partial charge in [-0.1, -0.05) is 26.7 Å². The van der Waals surface area contributed by atoms with Crippen LogP contribution >= 0.6 is 0 Å². The first-order valence-electron chi connectivity index (χ1n) is 8.28. The van der Waals surface area contributed by atoms with Gasteiger partial charge in [0.2, 0.25) is 11.8 Å². The second-order valence-corrected chi connectivity index (χ2v) is 6.89. The van der Waals surface area contributed by atoms with Crippen LogP contribution in [0.15, 0.2) is 0 Å². The van der Waals surface area contributed by atoms with E-state index >= 15 is 0 Å². The van der Waals surface area contributed by atoms with Gasteiger partial charge in [-0.2, -0.15) is 0 Å². The molecule has 0 aromatic carbocycles. The minimum absolute atomic E-state index is 0.0106. The Bertz CT molecular complexity index is 378. The van der Waals surface area contributed by atoms with Gasteiger partial charge in [-0.3, -0.25) is 14.5 Å². The van der Waals surface area contributed by atoms with E-state index in [1.54, 1.807) is 0 Å². The van der Waals surface area contributed by atoms with Crippen molar-refractivity contribution in [1.29, 1.82) is 0 Å². The van der Waals surface area contributed by atoms with E-state index < -0.39 is 0 Å². The number of carbonyl (C=O) groups excluding carboxylic acids is 2. The van der Waals surface area contributed by atoms with Gasteiger partial charge in [0.1, 0.15) is 0 Å². The Morgan fingerprint density at radius 2 is 1.81 bits per heavy atom. The molecular formula is C16H29N3O2. The maximum Gasteiger partial charge on any atom is 0.234 e. The Hall–Kier alpha value is -1.10. The molecule has 0 spiro atoms. The van der Waals surface area contributed by atoms with Gasteiger partial charge in [0.25, 0.3) is 0 Å². The number of amides is 2. The summed E-state index contributed by atoms with van der Waals surface area (Å²) >= 11 is 0. The molecule has 0 aromatic rings. The van der Waals surface area contributed by atoms with Gasteiger partial charge in [-0.25, -0.2) is 0 Å². The number of piperidine rings is 1. The van der Waals surface area contributed by atoms with E-state index in [1.807, 2.05) is 0 Å². The van der Waals surface area contributed by atoms with Crippen molar-refractivity contribution in [3.8, 4) is 0 Å². The van der Waals surface area contributed by atoms with Crippen LogP contribution in [-0.4, -0.2) is 42.4 Å². The minimum atomic E-state index is -0.205. The van der Waals surface area contributed by atoms with Crippen molar-refractivity contribution in [1.82, 2.24) is 10.2 Å². The molecule has 1 saturated heterocycles. The molecule has 5 nitrogen and oxygen atoms in total. The van der Waals surface area contributed by atoms with Gasteiger partial charge in [0, 0.05) is 12.0 Å². The van der Waals surface area contributed by atoms with Crippen LogP contribution in [0.25, 0.3) is 0 Å². The zero-order valence-corrected chi connectivity index (χ0v) is 13.3. The number of hydrogen-bond donors (Lipinski definition) is 2. The SMILES string of the molecule is C[C@@H]1[C@H](C)CCC[C@@H]1NC(=O)CN1CCC(C(N)=O)CC1. The number of rotatable bonds is 4. The molecule has 0 aromatic heterocycles. The number of carbonyl (C=O) groups is 2. The first kappa shape index (κ1) is 16.3. The molecule has 0 radical (unpaired) electrons. The summed E-state index contributed by atoms with van der Waals surface area (Å²) in [6.45, 7) is 6.54. The fourth-order valence-corrected chi connectivity index (χ4v) is 3.62. The van der Waals surface area contributed by atoms with Crippen molar-refractivity contribution in [3.63, 3.8) is 0 Å². The topological polar surface area (TPSA) is 75.4 Å². The highest BCUT2D eigenvalue weighted by atomic mass is 16.2. The maximum absolute atomic E-state index is 12.2. The lowest BCUT2D eigenvalue weighted by molar-refractivity contribution is -0.125. The lowest BCUT2D eigenvalue weighted by Gasteiger charge is -2.35. The fourth-order valence-electron chi connectivity index (χ4n) is 3.62. The predicted molar refractivity (Wildman–Crippen MR) is 82.5 cm³/mol. The second kappa shape index (κ2) is 7.25. The van der Waals surface area contributed by atoms with Gasteiger partial charge in [-0.15, -0.1) is 0 Å². The molecule has 1 aliphatic heterocycles. The van der Waals surface area contributed by atoms with Crippen molar-refractivity contribution >= 4 is 11.8 Å². The van der Waals surface area contributed by atoms with Crippen molar-refractivity contribution in [2.75, 3.05) is 19.6 Å². The quantitative estimate of drug-likeness (QED) is 0.816. The van der Waals surface area contributed by atoms with Crippen LogP contribution in [0.2, 0.25) is 0 Å². The van der Waals surface area contributed by atoms with Crippen LogP contribution in [0.4, 0.5) is 0 Å². The summed E-state index contributed by atoms with van der Waals surface area (Å²) in [5.74, 6) is 1.16. The Morgan fingerprint density at radius 3 is 2.43 bits per heavy atom. The summed E-state index contributed by atoms with van der Waals surface area (Å²) in [6.07, 6.45) is 5.13. The summed E-state index contributed by atoms with van der Waals surface area (Å²) < 4.78 is 0. The van der Waals surface area contributed by atoms with Crippen molar-refractivity contribution < 1.29 is 9.59 Å². The Labute approximate surface area is 127 Å². The molecule has 1 aliphatic carbocycles. The smallest absolute Gasteiger partial charge is 0.234 e. The molecule has 3 atom stereocenters. The Kier molecular flexibility index (Phi) is 5.62. The zero-order valence-electron chi connectivity index (χ0n) is 13.3. The number of primary amides is 1. The summed E-state index contributed by atoms with van der Waals surface area (Å²) in [5, 5.41) is 3.21. The van der Waals surface area contributed by atoms with E-state index in [4.69, 9.17) is 5.73 Å². The normalized spacial score (nSPS) is 31.8. The summed E-state index contributed by atoms with van der Waals surface area (Å²) in [7, 11) is 0. The molecule has 21 heavy (non-hydrogen) atoms.